The van der Waals surface area contributed by atoms with Gasteiger partial charge in [0.15, 0.2) is 0 Å². The predicted octanol–water partition coefficient (Wildman–Crippen LogP) is 3.20. The van der Waals surface area contributed by atoms with Gasteiger partial charge in [0.2, 0.25) is 0 Å². The normalized spacial score (nSPS) is 17.3. The summed E-state index contributed by atoms with van der Waals surface area (Å²) in [5.41, 5.74) is 1.85. The molecule has 0 radical (unpaired) electrons. The van der Waals surface area contributed by atoms with E-state index in [2.05, 4.69) is 38.2 Å². The third-order valence-electron chi connectivity index (χ3n) is 3.34. The van der Waals surface area contributed by atoms with Gasteiger partial charge < -0.3 is 4.74 Å². The van der Waals surface area contributed by atoms with Gasteiger partial charge in [-0.2, -0.15) is 0 Å². The van der Waals surface area contributed by atoms with E-state index in [4.69, 9.17) is 4.74 Å². The van der Waals surface area contributed by atoms with E-state index in [0.717, 1.165) is 11.9 Å². The summed E-state index contributed by atoms with van der Waals surface area (Å²) in [6.45, 7) is 12.4. The van der Waals surface area contributed by atoms with Crippen LogP contribution in [-0.4, -0.2) is 25.9 Å². The SMILES string of the molecule is Cc1ccc2c(c1)[Si](C)(C)CN2C(=O)OC(C)(C)C. The molecule has 2 rings (SSSR count). The second-order valence-electron chi connectivity index (χ2n) is 6.97. The molecule has 0 saturated carbocycles. The summed E-state index contributed by atoms with van der Waals surface area (Å²) < 4.78 is 5.51. The highest BCUT2D eigenvalue weighted by atomic mass is 28.3. The molecule has 0 N–H and O–H groups in total. The third kappa shape index (κ3) is 2.83. The van der Waals surface area contributed by atoms with E-state index in [1.807, 2.05) is 25.7 Å². The maximum absolute atomic E-state index is 12.3. The second-order valence-corrected chi connectivity index (χ2v) is 11.6. The molecular formula is C15H23NO2Si. The van der Waals surface area contributed by atoms with Gasteiger partial charge in [-0.15, -0.1) is 0 Å². The Balaban J connectivity index is 2.35. The molecule has 19 heavy (non-hydrogen) atoms. The average molecular weight is 277 g/mol. The first-order chi connectivity index (χ1) is 8.60. The molecule has 0 unspecified atom stereocenters. The van der Waals surface area contributed by atoms with Crippen molar-refractivity contribution in [3.63, 3.8) is 0 Å². The van der Waals surface area contributed by atoms with E-state index in [1.54, 1.807) is 0 Å². The van der Waals surface area contributed by atoms with Gasteiger partial charge in [-0.05, 0) is 38.9 Å². The van der Waals surface area contributed by atoms with Crippen molar-refractivity contribution in [2.45, 2.75) is 46.4 Å². The number of fused-ring (bicyclic) bond motifs is 1. The summed E-state index contributed by atoms with van der Waals surface area (Å²) in [5, 5.41) is 1.36. The van der Waals surface area contributed by atoms with E-state index >= 15 is 0 Å². The average Bonchev–Trinajstić information content (AvgIpc) is 2.49. The quantitative estimate of drug-likeness (QED) is 0.682. The van der Waals surface area contributed by atoms with Crippen molar-refractivity contribution in [1.29, 1.82) is 0 Å². The summed E-state index contributed by atoms with van der Waals surface area (Å²) >= 11 is 0. The van der Waals surface area contributed by atoms with Crippen LogP contribution in [0.4, 0.5) is 10.5 Å². The molecule has 0 spiro atoms. The molecule has 0 atom stereocenters. The molecule has 0 aromatic heterocycles. The monoisotopic (exact) mass is 277 g/mol. The van der Waals surface area contributed by atoms with Crippen LogP contribution in [0, 0.1) is 6.92 Å². The van der Waals surface area contributed by atoms with E-state index in [9.17, 15) is 4.79 Å². The molecule has 4 heteroatoms. The molecule has 0 bridgehead atoms. The Hall–Kier alpha value is -1.29. The van der Waals surface area contributed by atoms with Gasteiger partial charge in [-0.25, -0.2) is 4.79 Å². The lowest BCUT2D eigenvalue weighted by Crippen LogP contribution is -2.45. The molecular weight excluding hydrogens is 254 g/mol. The standard InChI is InChI=1S/C15H23NO2Si/c1-11-7-8-12-13(9-11)19(5,6)10-16(12)14(17)18-15(2,3)4/h7-9H,10H2,1-6H3. The van der Waals surface area contributed by atoms with Crippen LogP contribution in [0.1, 0.15) is 26.3 Å². The minimum absolute atomic E-state index is 0.226. The summed E-state index contributed by atoms with van der Waals surface area (Å²) in [7, 11) is -1.57. The molecule has 104 valence electrons. The van der Waals surface area contributed by atoms with Crippen LogP contribution in [0.15, 0.2) is 18.2 Å². The van der Waals surface area contributed by atoms with E-state index in [1.165, 1.54) is 10.8 Å². The van der Waals surface area contributed by atoms with Gasteiger partial charge in [0.05, 0.1) is 0 Å². The number of carbonyl (C=O) groups is 1. The number of rotatable bonds is 0. The summed E-state index contributed by atoms with van der Waals surface area (Å²) in [5.74, 6) is 0. The van der Waals surface area contributed by atoms with E-state index in [-0.39, 0.29) is 6.09 Å². The molecule has 1 aromatic carbocycles. The van der Waals surface area contributed by atoms with Crippen molar-refractivity contribution in [1.82, 2.24) is 0 Å². The largest absolute Gasteiger partial charge is 0.443 e. The molecule has 0 aliphatic carbocycles. The van der Waals surface area contributed by atoms with Gasteiger partial charge in [-0.3, -0.25) is 4.90 Å². The Bertz CT molecular complexity index is 517. The molecule has 1 amide bonds. The number of amides is 1. The van der Waals surface area contributed by atoms with Gasteiger partial charge in [0.25, 0.3) is 0 Å². The maximum atomic E-state index is 12.3. The highest BCUT2D eigenvalue weighted by Crippen LogP contribution is 2.28. The zero-order valence-corrected chi connectivity index (χ0v) is 13.7. The number of ether oxygens (including phenoxy) is 1. The molecule has 0 saturated heterocycles. The minimum atomic E-state index is -1.57. The zero-order valence-electron chi connectivity index (χ0n) is 12.7. The number of benzene rings is 1. The first-order valence-electron chi connectivity index (χ1n) is 6.72. The Labute approximate surface area is 116 Å². The Morgan fingerprint density at radius 1 is 1.32 bits per heavy atom. The van der Waals surface area contributed by atoms with Crippen molar-refractivity contribution >= 4 is 25.0 Å². The molecule has 3 nitrogen and oxygen atoms in total. The molecule has 1 heterocycles. The maximum Gasteiger partial charge on any atom is 0.414 e. The molecule has 1 aliphatic rings. The Kier molecular flexibility index (Phi) is 3.25. The number of nitrogens with zero attached hydrogens (tertiary/aromatic N) is 1. The zero-order chi connectivity index (χ0) is 14.4. The van der Waals surface area contributed by atoms with Gasteiger partial charge in [-0.1, -0.05) is 30.8 Å². The first-order valence-corrected chi connectivity index (χ1v) is 9.92. The number of hydrogen-bond donors (Lipinski definition) is 0. The summed E-state index contributed by atoms with van der Waals surface area (Å²) in [6.07, 6.45) is 0.580. The smallest absolute Gasteiger partial charge is 0.414 e. The predicted molar refractivity (Wildman–Crippen MR) is 81.9 cm³/mol. The van der Waals surface area contributed by atoms with Gasteiger partial charge in [0, 0.05) is 11.9 Å². The topological polar surface area (TPSA) is 29.5 Å². The number of aryl methyl sites for hydroxylation is 1. The van der Waals surface area contributed by atoms with Crippen LogP contribution in [0.25, 0.3) is 0 Å². The lowest BCUT2D eigenvalue weighted by Gasteiger charge is -2.25. The first kappa shape index (κ1) is 14.1. The van der Waals surface area contributed by atoms with Crippen LogP contribution in [-0.2, 0) is 4.74 Å². The Morgan fingerprint density at radius 2 is 1.95 bits per heavy atom. The van der Waals surface area contributed by atoms with Crippen LogP contribution < -0.4 is 10.1 Å². The van der Waals surface area contributed by atoms with E-state index < -0.39 is 13.7 Å². The lowest BCUT2D eigenvalue weighted by molar-refractivity contribution is 0.0587. The van der Waals surface area contributed by atoms with Crippen molar-refractivity contribution in [3.8, 4) is 0 Å². The van der Waals surface area contributed by atoms with E-state index in [0.29, 0.717) is 0 Å². The highest BCUT2D eigenvalue weighted by molar-refractivity contribution is 6.93. The van der Waals surface area contributed by atoms with Crippen LogP contribution >= 0.6 is 0 Å². The van der Waals surface area contributed by atoms with Crippen LogP contribution in [0.5, 0.6) is 0 Å². The highest BCUT2D eigenvalue weighted by Gasteiger charge is 2.41. The molecule has 0 fully saturated rings. The lowest BCUT2D eigenvalue weighted by atomic mass is 10.2. The summed E-state index contributed by atoms with van der Waals surface area (Å²) in [6, 6.07) is 6.34. The van der Waals surface area contributed by atoms with Crippen molar-refractivity contribution < 1.29 is 9.53 Å². The van der Waals surface area contributed by atoms with Crippen LogP contribution in [0.3, 0.4) is 0 Å². The fourth-order valence-electron chi connectivity index (χ4n) is 2.47. The number of carbonyl (C=O) groups excluding carboxylic acids is 1. The molecule has 1 aromatic rings. The van der Waals surface area contributed by atoms with Crippen molar-refractivity contribution in [2.75, 3.05) is 11.1 Å². The minimum Gasteiger partial charge on any atom is -0.443 e. The second kappa shape index (κ2) is 4.37. The third-order valence-corrected chi connectivity index (χ3v) is 6.30. The number of hydrogen-bond acceptors (Lipinski definition) is 2. The fourth-order valence-corrected chi connectivity index (χ4v) is 5.26. The molecule has 1 aliphatic heterocycles. The fraction of sp³-hybridized carbons (Fsp3) is 0.533. The van der Waals surface area contributed by atoms with Gasteiger partial charge in [0.1, 0.15) is 13.7 Å². The van der Waals surface area contributed by atoms with Crippen molar-refractivity contribution in [2.24, 2.45) is 0 Å². The Morgan fingerprint density at radius 3 is 2.53 bits per heavy atom. The van der Waals surface area contributed by atoms with Crippen molar-refractivity contribution in [3.05, 3.63) is 23.8 Å². The van der Waals surface area contributed by atoms with Gasteiger partial charge >= 0.3 is 6.09 Å². The van der Waals surface area contributed by atoms with Crippen LogP contribution in [0.2, 0.25) is 13.1 Å². The number of anilines is 1. The summed E-state index contributed by atoms with van der Waals surface area (Å²) in [4.78, 5) is 14.1.